The molecule has 1 fully saturated rings. The van der Waals surface area contributed by atoms with Gasteiger partial charge in [-0.3, -0.25) is 0 Å². The molecule has 1 saturated carbocycles. The largest absolute Gasteiger partial charge is 0.493 e. The third kappa shape index (κ3) is 6.90. The summed E-state index contributed by atoms with van der Waals surface area (Å²) in [5, 5.41) is 7.98. The van der Waals surface area contributed by atoms with Gasteiger partial charge in [0.05, 0.1) is 12.4 Å². The molecule has 0 saturated heterocycles. The highest BCUT2D eigenvalue weighted by Crippen LogP contribution is 2.32. The number of rotatable bonds is 11. The van der Waals surface area contributed by atoms with Crippen molar-refractivity contribution >= 4 is 37.8 Å². The Labute approximate surface area is 191 Å². The summed E-state index contributed by atoms with van der Waals surface area (Å²) in [6.07, 6.45) is 2.79. The van der Waals surface area contributed by atoms with Crippen LogP contribution in [-0.2, 0) is 20.8 Å². The van der Waals surface area contributed by atoms with Gasteiger partial charge in [-0.25, -0.2) is 4.79 Å². The minimum Gasteiger partial charge on any atom is -0.493 e. The summed E-state index contributed by atoms with van der Waals surface area (Å²) >= 11 is 3.51. The van der Waals surface area contributed by atoms with Crippen molar-refractivity contribution in [1.82, 2.24) is 10.2 Å². The van der Waals surface area contributed by atoms with Crippen LogP contribution >= 0.6 is 15.9 Å². The molecule has 3 rings (SSSR count). The van der Waals surface area contributed by atoms with Gasteiger partial charge in [0, 0.05) is 23.1 Å². The number of anilines is 1. The van der Waals surface area contributed by atoms with Gasteiger partial charge in [-0.2, -0.15) is 8.42 Å². The van der Waals surface area contributed by atoms with Gasteiger partial charge in [-0.1, -0.05) is 22.9 Å². The van der Waals surface area contributed by atoms with Crippen LogP contribution in [0.25, 0.3) is 0 Å². The number of halogens is 1. The van der Waals surface area contributed by atoms with Gasteiger partial charge in [-0.15, -0.1) is 10.2 Å². The zero-order valence-electron chi connectivity index (χ0n) is 17.6. The van der Waals surface area contributed by atoms with Gasteiger partial charge in [-0.05, 0) is 62.4 Å². The SMILES string of the molecule is CCCS(=O)(=O)OC(=O)c1ccc(N(CC)Cc2cc(Br)ccc2OCC2CC2)nn1. The first-order valence-corrected chi connectivity index (χ1v) is 12.6. The maximum absolute atomic E-state index is 12.1. The minimum atomic E-state index is -3.91. The van der Waals surface area contributed by atoms with Gasteiger partial charge in [0.25, 0.3) is 0 Å². The van der Waals surface area contributed by atoms with Gasteiger partial charge in [0.2, 0.25) is 0 Å². The molecule has 168 valence electrons. The topological polar surface area (TPSA) is 98.7 Å². The standard InChI is InChI=1S/C21H26BrN3O5S/c1-3-11-31(27,28)30-21(26)18-8-10-20(24-23-18)25(4-2)13-16-12-17(22)7-9-19(16)29-14-15-5-6-15/h7-10,12,15H,3-6,11,13-14H2,1-2H3. The number of carbonyl (C=O) groups is 1. The lowest BCUT2D eigenvalue weighted by Gasteiger charge is -2.23. The number of ether oxygens (including phenoxy) is 1. The van der Waals surface area contributed by atoms with Crippen LogP contribution in [0.3, 0.4) is 0 Å². The summed E-state index contributed by atoms with van der Waals surface area (Å²) in [6, 6.07) is 8.97. The molecule has 0 spiro atoms. The van der Waals surface area contributed by atoms with E-state index in [4.69, 9.17) is 4.74 Å². The Morgan fingerprint density at radius 3 is 2.58 bits per heavy atom. The van der Waals surface area contributed by atoms with Crippen LogP contribution in [0.4, 0.5) is 5.82 Å². The van der Waals surface area contributed by atoms with Crippen LogP contribution in [0, 0.1) is 5.92 Å². The van der Waals surface area contributed by atoms with Crippen LogP contribution in [0.2, 0.25) is 0 Å². The first kappa shape index (κ1) is 23.5. The highest BCUT2D eigenvalue weighted by Gasteiger charge is 2.23. The fourth-order valence-electron chi connectivity index (χ4n) is 2.92. The van der Waals surface area contributed by atoms with Crippen molar-refractivity contribution in [3.63, 3.8) is 0 Å². The van der Waals surface area contributed by atoms with E-state index in [2.05, 4.69) is 30.3 Å². The highest BCUT2D eigenvalue weighted by atomic mass is 79.9. The molecule has 2 aromatic rings. The van der Waals surface area contributed by atoms with Crippen LogP contribution in [0.15, 0.2) is 34.8 Å². The molecule has 0 amide bonds. The predicted octanol–water partition coefficient (Wildman–Crippen LogP) is 3.95. The zero-order chi connectivity index (χ0) is 22.4. The lowest BCUT2D eigenvalue weighted by molar-refractivity contribution is 0.0739. The summed E-state index contributed by atoms with van der Waals surface area (Å²) in [4.78, 5) is 14.0. The van der Waals surface area contributed by atoms with E-state index < -0.39 is 16.1 Å². The molecule has 1 heterocycles. The number of carbonyl (C=O) groups excluding carboxylic acids is 1. The molecule has 0 atom stereocenters. The maximum Gasteiger partial charge on any atom is 0.374 e. The van der Waals surface area contributed by atoms with E-state index in [9.17, 15) is 13.2 Å². The molecule has 1 aromatic carbocycles. The van der Waals surface area contributed by atoms with E-state index in [1.54, 1.807) is 13.0 Å². The second-order valence-electron chi connectivity index (χ2n) is 7.43. The monoisotopic (exact) mass is 511 g/mol. The number of nitrogens with zero attached hydrogens (tertiary/aromatic N) is 3. The van der Waals surface area contributed by atoms with E-state index in [1.807, 2.05) is 30.0 Å². The molecule has 0 N–H and O–H groups in total. The molecule has 31 heavy (non-hydrogen) atoms. The lowest BCUT2D eigenvalue weighted by Crippen LogP contribution is -2.24. The molecule has 8 nitrogen and oxygen atoms in total. The predicted molar refractivity (Wildman–Crippen MR) is 121 cm³/mol. The average molecular weight is 512 g/mol. The van der Waals surface area contributed by atoms with Crippen molar-refractivity contribution in [2.75, 3.05) is 23.8 Å². The molecule has 10 heteroatoms. The first-order valence-electron chi connectivity index (χ1n) is 10.3. The van der Waals surface area contributed by atoms with E-state index in [0.717, 1.165) is 22.4 Å². The number of benzene rings is 1. The number of hydrogen-bond acceptors (Lipinski definition) is 8. The fraction of sp³-hybridized carbons (Fsp3) is 0.476. The van der Waals surface area contributed by atoms with Gasteiger partial charge in [0.1, 0.15) is 5.75 Å². The van der Waals surface area contributed by atoms with E-state index in [-0.39, 0.29) is 11.4 Å². The van der Waals surface area contributed by atoms with Crippen molar-refractivity contribution in [3.05, 3.63) is 46.1 Å². The van der Waals surface area contributed by atoms with Gasteiger partial charge in [0.15, 0.2) is 11.5 Å². The summed E-state index contributed by atoms with van der Waals surface area (Å²) in [5.41, 5.74) is 0.850. The smallest absolute Gasteiger partial charge is 0.374 e. The Balaban J connectivity index is 1.71. The quantitative estimate of drug-likeness (QED) is 0.418. The van der Waals surface area contributed by atoms with Crippen LogP contribution in [-0.4, -0.2) is 43.5 Å². The molecule has 1 aromatic heterocycles. The molecule has 1 aliphatic carbocycles. The Bertz CT molecular complexity index is 1010. The Morgan fingerprint density at radius 2 is 1.97 bits per heavy atom. The van der Waals surface area contributed by atoms with Gasteiger partial charge < -0.3 is 13.8 Å². The zero-order valence-corrected chi connectivity index (χ0v) is 20.0. The van der Waals surface area contributed by atoms with Crippen molar-refractivity contribution in [2.45, 2.75) is 39.7 Å². The Morgan fingerprint density at radius 1 is 1.19 bits per heavy atom. The molecule has 0 bridgehead atoms. The van der Waals surface area contributed by atoms with Crippen LogP contribution in [0.1, 0.15) is 49.2 Å². The summed E-state index contributed by atoms with van der Waals surface area (Å²) in [7, 11) is -3.91. The summed E-state index contributed by atoms with van der Waals surface area (Å²) in [6.45, 7) is 5.59. The fourth-order valence-corrected chi connectivity index (χ4v) is 4.23. The molecule has 0 unspecified atom stereocenters. The summed E-state index contributed by atoms with van der Waals surface area (Å²) in [5.74, 6) is 0.786. The average Bonchev–Trinajstić information content (AvgIpc) is 3.55. The van der Waals surface area contributed by atoms with Crippen molar-refractivity contribution in [3.8, 4) is 5.75 Å². The normalized spacial score (nSPS) is 13.6. The molecular weight excluding hydrogens is 486 g/mol. The first-order chi connectivity index (χ1) is 14.8. The van der Waals surface area contributed by atoms with E-state index >= 15 is 0 Å². The van der Waals surface area contributed by atoms with Gasteiger partial charge >= 0.3 is 16.1 Å². The maximum atomic E-state index is 12.1. The Hall–Kier alpha value is -2.20. The van der Waals surface area contributed by atoms with E-state index in [0.29, 0.717) is 31.2 Å². The molecular formula is C21H26BrN3O5S. The van der Waals surface area contributed by atoms with Crippen molar-refractivity contribution < 1.29 is 22.1 Å². The second-order valence-corrected chi connectivity index (χ2v) is 10.0. The number of hydrogen-bond donors (Lipinski definition) is 0. The third-order valence-corrected chi connectivity index (χ3v) is 6.58. The van der Waals surface area contributed by atoms with E-state index in [1.165, 1.54) is 18.9 Å². The summed E-state index contributed by atoms with van der Waals surface area (Å²) < 4.78 is 34.9. The molecule has 0 aliphatic heterocycles. The number of aromatic nitrogens is 2. The Kier molecular flexibility index (Phi) is 7.88. The highest BCUT2D eigenvalue weighted by molar-refractivity contribution is 9.10. The van der Waals surface area contributed by atoms with Crippen LogP contribution < -0.4 is 9.64 Å². The molecule has 0 radical (unpaired) electrons. The lowest BCUT2D eigenvalue weighted by atomic mass is 10.2. The second kappa shape index (κ2) is 10.4. The van der Waals surface area contributed by atoms with Crippen molar-refractivity contribution in [2.24, 2.45) is 5.92 Å². The minimum absolute atomic E-state index is 0.157. The third-order valence-electron chi connectivity index (χ3n) is 4.78. The molecule has 1 aliphatic rings. The van der Waals surface area contributed by atoms with Crippen LogP contribution in [0.5, 0.6) is 5.75 Å². The van der Waals surface area contributed by atoms with Crippen molar-refractivity contribution in [1.29, 1.82) is 0 Å².